The molecule has 1 atom stereocenters. The van der Waals surface area contributed by atoms with Gasteiger partial charge in [0, 0.05) is 61.2 Å². The minimum absolute atomic E-state index is 0.0922. The number of H-pyrrole nitrogens is 1. The van der Waals surface area contributed by atoms with Gasteiger partial charge in [-0.15, -0.1) is 0 Å². The van der Waals surface area contributed by atoms with E-state index in [1.54, 1.807) is 37.5 Å². The number of imidazole rings is 1. The van der Waals surface area contributed by atoms with Gasteiger partial charge in [-0.2, -0.15) is 4.98 Å². The van der Waals surface area contributed by atoms with Crippen LogP contribution in [0.15, 0.2) is 24.7 Å². The summed E-state index contributed by atoms with van der Waals surface area (Å²) >= 11 is 0. The molecule has 1 amide bonds. The number of halogens is 2. The molecule has 1 unspecified atom stereocenters. The molecule has 32 heavy (non-hydrogen) atoms. The number of carbonyl (C=O) groups is 1. The van der Waals surface area contributed by atoms with Gasteiger partial charge in [0.15, 0.2) is 5.65 Å². The van der Waals surface area contributed by atoms with Crippen LogP contribution in [0.25, 0.3) is 33.3 Å². The number of pyridine rings is 1. The van der Waals surface area contributed by atoms with Crippen LogP contribution in [0.4, 0.5) is 14.7 Å². The van der Waals surface area contributed by atoms with Gasteiger partial charge in [-0.25, -0.2) is 23.7 Å². The fraction of sp³-hybridized carbons (Fsp3) is 0.381. The van der Waals surface area contributed by atoms with E-state index in [-0.39, 0.29) is 11.9 Å². The van der Waals surface area contributed by atoms with Crippen LogP contribution in [0.2, 0.25) is 0 Å². The molecule has 4 aromatic rings. The number of piperidine rings is 1. The fourth-order valence-electron chi connectivity index (χ4n) is 4.16. The largest absolute Gasteiger partial charge is 0.350 e. The van der Waals surface area contributed by atoms with E-state index >= 15 is 0 Å². The Morgan fingerprint density at radius 3 is 2.91 bits per heavy atom. The van der Waals surface area contributed by atoms with Crippen LogP contribution < -0.4 is 5.32 Å². The zero-order valence-corrected chi connectivity index (χ0v) is 17.6. The van der Waals surface area contributed by atoms with Crippen LogP contribution in [-0.2, 0) is 11.3 Å². The Labute approximate surface area is 181 Å². The van der Waals surface area contributed by atoms with Crippen LogP contribution in [0.5, 0.6) is 0 Å². The number of likely N-dealkylation sites (N-methyl/N-ethyl adjacent to an activating group) is 1. The number of rotatable bonds is 5. The number of likely N-dealkylation sites (tertiary alicyclic amines) is 1. The highest BCUT2D eigenvalue weighted by molar-refractivity contribution is 5.95. The average Bonchev–Trinajstić information content (AvgIpc) is 3.31. The molecule has 0 saturated carbocycles. The molecule has 5 heterocycles. The third-order valence-corrected chi connectivity index (χ3v) is 5.82. The van der Waals surface area contributed by atoms with Crippen molar-refractivity contribution in [3.8, 4) is 11.1 Å². The molecule has 1 saturated heterocycles. The summed E-state index contributed by atoms with van der Waals surface area (Å²) < 4.78 is 27.5. The molecular weight excluding hydrogens is 418 g/mol. The molecular formula is C21H22F2N8O. The normalized spacial score (nSPS) is 17.1. The van der Waals surface area contributed by atoms with Crippen molar-refractivity contribution < 1.29 is 13.6 Å². The van der Waals surface area contributed by atoms with E-state index < -0.39 is 13.0 Å². The van der Waals surface area contributed by atoms with Crippen LogP contribution in [0.3, 0.4) is 0 Å². The number of amides is 1. The van der Waals surface area contributed by atoms with Crippen LogP contribution in [-0.4, -0.2) is 66.4 Å². The monoisotopic (exact) mass is 440 g/mol. The Balaban J connectivity index is 1.45. The first-order chi connectivity index (χ1) is 15.4. The highest BCUT2D eigenvalue weighted by atomic mass is 19.3. The number of nitrogens with zero attached hydrogens (tertiary/aromatic N) is 6. The Morgan fingerprint density at radius 2 is 2.12 bits per heavy atom. The van der Waals surface area contributed by atoms with E-state index in [2.05, 4.69) is 30.2 Å². The number of anilines is 1. The van der Waals surface area contributed by atoms with Gasteiger partial charge >= 0.3 is 0 Å². The standard InChI is InChI=1S/C21H22F2N8O/c1-11-27-20-16(31(11)10-17(22)23)5-12(6-24-20)14-7-25-19-15(14)8-26-21(29-19)28-13-3-4-18(32)30(2)9-13/h5-8,13,17H,3-4,9-10H2,1-2H3,(H2,25,26,28,29). The molecule has 1 fully saturated rings. The number of carbonyl (C=O) groups excluding carboxylic acids is 1. The molecule has 0 bridgehead atoms. The maximum Gasteiger partial charge on any atom is 0.256 e. The van der Waals surface area contributed by atoms with E-state index in [9.17, 15) is 13.6 Å². The highest BCUT2D eigenvalue weighted by Gasteiger charge is 2.23. The number of hydrogen-bond donors (Lipinski definition) is 2. The van der Waals surface area contributed by atoms with Crippen LogP contribution in [0, 0.1) is 6.92 Å². The lowest BCUT2D eigenvalue weighted by Gasteiger charge is -2.30. The summed E-state index contributed by atoms with van der Waals surface area (Å²) in [4.78, 5) is 34.2. The lowest BCUT2D eigenvalue weighted by Crippen LogP contribution is -2.43. The Kier molecular flexibility index (Phi) is 4.95. The number of aryl methyl sites for hydroxylation is 1. The summed E-state index contributed by atoms with van der Waals surface area (Å²) in [6.07, 6.45) is 3.95. The van der Waals surface area contributed by atoms with Crippen LogP contribution >= 0.6 is 0 Å². The van der Waals surface area contributed by atoms with Crippen molar-refractivity contribution in [2.24, 2.45) is 0 Å². The zero-order chi connectivity index (χ0) is 22.4. The summed E-state index contributed by atoms with van der Waals surface area (Å²) in [7, 11) is 1.79. The minimum atomic E-state index is -2.48. The van der Waals surface area contributed by atoms with Crippen molar-refractivity contribution in [3.05, 3.63) is 30.5 Å². The molecule has 0 spiro atoms. The van der Waals surface area contributed by atoms with Crippen LogP contribution in [0.1, 0.15) is 18.7 Å². The molecule has 166 valence electrons. The van der Waals surface area contributed by atoms with E-state index in [1.165, 1.54) is 4.57 Å². The number of fused-ring (bicyclic) bond motifs is 2. The number of hydrogen-bond acceptors (Lipinski definition) is 6. The fourth-order valence-corrected chi connectivity index (χ4v) is 4.16. The molecule has 5 rings (SSSR count). The van der Waals surface area contributed by atoms with Crippen molar-refractivity contribution in [1.29, 1.82) is 0 Å². The molecule has 4 aromatic heterocycles. The van der Waals surface area contributed by atoms with Crippen molar-refractivity contribution in [1.82, 2.24) is 34.4 Å². The second-order valence-corrected chi connectivity index (χ2v) is 8.04. The Hall–Kier alpha value is -3.63. The summed E-state index contributed by atoms with van der Waals surface area (Å²) in [5.74, 6) is 1.12. The molecule has 0 radical (unpaired) electrons. The predicted molar refractivity (Wildman–Crippen MR) is 115 cm³/mol. The van der Waals surface area contributed by atoms with Gasteiger partial charge in [-0.05, 0) is 19.4 Å². The smallest absolute Gasteiger partial charge is 0.256 e. The quantitative estimate of drug-likeness (QED) is 0.494. The highest BCUT2D eigenvalue weighted by Crippen LogP contribution is 2.30. The molecule has 9 nitrogen and oxygen atoms in total. The number of aromatic nitrogens is 6. The Morgan fingerprint density at radius 1 is 1.28 bits per heavy atom. The van der Waals surface area contributed by atoms with E-state index in [0.717, 1.165) is 22.9 Å². The van der Waals surface area contributed by atoms with E-state index in [4.69, 9.17) is 0 Å². The SMILES string of the molecule is Cc1nc2ncc(-c3c[nH]c4nc(NC5CCC(=O)N(C)C5)ncc34)cc2n1CC(F)F. The van der Waals surface area contributed by atoms with Gasteiger partial charge < -0.3 is 19.8 Å². The van der Waals surface area contributed by atoms with Gasteiger partial charge in [-0.1, -0.05) is 0 Å². The summed E-state index contributed by atoms with van der Waals surface area (Å²) in [5, 5.41) is 4.09. The van der Waals surface area contributed by atoms with Gasteiger partial charge in [0.25, 0.3) is 6.43 Å². The molecule has 0 aromatic carbocycles. The first kappa shape index (κ1) is 20.3. The lowest BCUT2D eigenvalue weighted by atomic mass is 10.1. The average molecular weight is 440 g/mol. The second kappa shape index (κ2) is 7.81. The van der Waals surface area contributed by atoms with Gasteiger partial charge in [0.1, 0.15) is 11.5 Å². The lowest BCUT2D eigenvalue weighted by molar-refractivity contribution is -0.132. The molecule has 1 aliphatic heterocycles. The first-order valence-electron chi connectivity index (χ1n) is 10.3. The van der Waals surface area contributed by atoms with E-state index in [1.807, 2.05) is 6.07 Å². The van der Waals surface area contributed by atoms with Crippen molar-refractivity contribution in [2.45, 2.75) is 38.8 Å². The van der Waals surface area contributed by atoms with Crippen molar-refractivity contribution in [2.75, 3.05) is 18.9 Å². The summed E-state index contributed by atoms with van der Waals surface area (Å²) in [5.41, 5.74) is 3.23. The molecule has 2 N–H and O–H groups in total. The number of nitrogens with one attached hydrogen (secondary N) is 2. The van der Waals surface area contributed by atoms with Gasteiger partial charge in [-0.3, -0.25) is 4.79 Å². The molecule has 1 aliphatic rings. The zero-order valence-electron chi connectivity index (χ0n) is 17.6. The maximum atomic E-state index is 13.0. The van der Waals surface area contributed by atoms with Crippen molar-refractivity contribution in [3.63, 3.8) is 0 Å². The van der Waals surface area contributed by atoms with E-state index in [0.29, 0.717) is 41.5 Å². The topological polar surface area (TPSA) is 105 Å². The van der Waals surface area contributed by atoms with Gasteiger partial charge in [0.2, 0.25) is 11.9 Å². The third kappa shape index (κ3) is 3.63. The third-order valence-electron chi connectivity index (χ3n) is 5.82. The Bertz CT molecular complexity index is 1310. The minimum Gasteiger partial charge on any atom is -0.350 e. The predicted octanol–water partition coefficient (Wildman–Crippen LogP) is 2.98. The molecule has 11 heteroatoms. The summed E-state index contributed by atoms with van der Waals surface area (Å²) in [6, 6.07) is 1.91. The van der Waals surface area contributed by atoms with Gasteiger partial charge in [0.05, 0.1) is 12.1 Å². The maximum absolute atomic E-state index is 13.0. The molecule has 0 aliphatic carbocycles. The first-order valence-corrected chi connectivity index (χ1v) is 10.3. The summed E-state index contributed by atoms with van der Waals surface area (Å²) in [6.45, 7) is 1.87. The number of alkyl halides is 2. The second-order valence-electron chi connectivity index (χ2n) is 8.04. The number of aromatic amines is 1. The van der Waals surface area contributed by atoms with Crippen molar-refractivity contribution >= 4 is 34.1 Å².